The lowest BCUT2D eigenvalue weighted by Crippen LogP contribution is -2.49. The standard InChI is InChI=1S/C22H38O11/c1-2-3-4-5-6-7-8-9-10-30-21-19(29)17(27)20(14(12-24)32-21)33-22-18(28)16(26)15(25)13(11-23)31-22/h13,15,17,19,21-29H,2-12H2,1H3/t13?,15-,17+,19-,21-,22-/m1/s1. The zero-order valence-corrected chi connectivity index (χ0v) is 19.0. The van der Waals surface area contributed by atoms with Crippen molar-refractivity contribution in [1.82, 2.24) is 0 Å². The molecular weight excluding hydrogens is 440 g/mol. The summed E-state index contributed by atoms with van der Waals surface area (Å²) in [5.41, 5.74) is 0. The fourth-order valence-corrected chi connectivity index (χ4v) is 3.64. The Balaban J connectivity index is 1.91. The molecule has 2 aliphatic heterocycles. The highest BCUT2D eigenvalue weighted by Gasteiger charge is 2.44. The van der Waals surface area contributed by atoms with Crippen LogP contribution in [0.25, 0.3) is 0 Å². The van der Waals surface area contributed by atoms with E-state index in [4.69, 9.17) is 18.9 Å². The first-order valence-electron chi connectivity index (χ1n) is 11.6. The van der Waals surface area contributed by atoms with Crippen molar-refractivity contribution in [3.8, 4) is 0 Å². The molecule has 11 heteroatoms. The average Bonchev–Trinajstić information content (AvgIpc) is 2.82. The lowest BCUT2D eigenvalue weighted by molar-refractivity contribution is -0.241. The molecule has 0 aromatic rings. The summed E-state index contributed by atoms with van der Waals surface area (Å²) >= 11 is 0. The third-order valence-electron chi connectivity index (χ3n) is 5.66. The molecule has 0 amide bonds. The lowest BCUT2D eigenvalue weighted by Gasteiger charge is -2.37. The molecule has 0 radical (unpaired) electrons. The smallest absolute Gasteiger partial charge is 0.262 e. The second-order valence-corrected chi connectivity index (χ2v) is 8.24. The first kappa shape index (κ1) is 27.6. The van der Waals surface area contributed by atoms with E-state index in [1.807, 2.05) is 0 Å². The van der Waals surface area contributed by atoms with Crippen molar-refractivity contribution in [2.45, 2.75) is 95.3 Å². The van der Waals surface area contributed by atoms with Crippen LogP contribution in [0.4, 0.5) is 0 Å². The van der Waals surface area contributed by atoms with Crippen molar-refractivity contribution >= 4 is 0 Å². The number of unbranched alkanes of at least 4 members (excludes halogenated alkanes) is 7. The third kappa shape index (κ3) is 7.44. The van der Waals surface area contributed by atoms with Gasteiger partial charge in [-0.25, -0.2) is 0 Å². The highest BCUT2D eigenvalue weighted by molar-refractivity contribution is 5.17. The molecule has 2 heterocycles. The molecule has 0 saturated heterocycles. The molecular formula is C22H38O11. The number of hydrogen-bond donors (Lipinski definition) is 7. The van der Waals surface area contributed by atoms with Crippen molar-refractivity contribution in [2.24, 2.45) is 0 Å². The molecule has 0 aliphatic carbocycles. The summed E-state index contributed by atoms with van der Waals surface area (Å²) in [6, 6.07) is 0. The van der Waals surface area contributed by atoms with Crippen LogP contribution in [-0.4, -0.2) is 92.6 Å². The lowest BCUT2D eigenvalue weighted by atomic mass is 10.1. The zero-order valence-electron chi connectivity index (χ0n) is 19.0. The molecule has 0 aromatic heterocycles. The summed E-state index contributed by atoms with van der Waals surface area (Å²) in [4.78, 5) is 0. The second kappa shape index (κ2) is 14.0. The molecule has 0 aromatic carbocycles. The third-order valence-corrected chi connectivity index (χ3v) is 5.66. The minimum absolute atomic E-state index is 0.253. The maximum Gasteiger partial charge on any atom is 0.262 e. The van der Waals surface area contributed by atoms with E-state index in [-0.39, 0.29) is 12.4 Å². The van der Waals surface area contributed by atoms with Crippen molar-refractivity contribution in [3.63, 3.8) is 0 Å². The van der Waals surface area contributed by atoms with Gasteiger partial charge < -0.3 is 54.7 Å². The van der Waals surface area contributed by atoms with Crippen molar-refractivity contribution in [2.75, 3.05) is 19.8 Å². The largest absolute Gasteiger partial charge is 0.506 e. The van der Waals surface area contributed by atoms with Gasteiger partial charge in [-0.1, -0.05) is 51.9 Å². The summed E-state index contributed by atoms with van der Waals surface area (Å²) in [6.45, 7) is 1.06. The van der Waals surface area contributed by atoms with Crippen LogP contribution >= 0.6 is 0 Å². The molecule has 33 heavy (non-hydrogen) atoms. The number of rotatable bonds is 14. The van der Waals surface area contributed by atoms with E-state index in [1.54, 1.807) is 0 Å². The van der Waals surface area contributed by atoms with Crippen molar-refractivity contribution in [1.29, 1.82) is 0 Å². The van der Waals surface area contributed by atoms with Gasteiger partial charge in [-0.05, 0) is 6.42 Å². The molecule has 7 N–H and O–H groups in total. The van der Waals surface area contributed by atoms with E-state index < -0.39 is 67.5 Å². The van der Waals surface area contributed by atoms with Gasteiger partial charge in [0.2, 0.25) is 12.0 Å². The summed E-state index contributed by atoms with van der Waals surface area (Å²) in [5, 5.41) is 69.4. The summed E-state index contributed by atoms with van der Waals surface area (Å²) < 4.78 is 21.5. The van der Waals surface area contributed by atoms with Gasteiger partial charge >= 0.3 is 0 Å². The Labute approximate surface area is 193 Å². The van der Waals surface area contributed by atoms with E-state index in [1.165, 1.54) is 25.7 Å². The molecule has 0 saturated carbocycles. The van der Waals surface area contributed by atoms with Gasteiger partial charge in [0.05, 0.1) is 13.2 Å². The normalized spacial score (nSPS) is 30.5. The van der Waals surface area contributed by atoms with Gasteiger partial charge in [-0.15, -0.1) is 0 Å². The van der Waals surface area contributed by atoms with Gasteiger partial charge in [0.1, 0.15) is 31.0 Å². The fraction of sp³-hybridized carbons (Fsp3) is 0.818. The maximum absolute atomic E-state index is 10.5. The molecule has 6 atom stereocenters. The van der Waals surface area contributed by atoms with E-state index in [9.17, 15) is 35.7 Å². The number of ether oxygens (including phenoxy) is 4. The predicted octanol–water partition coefficient (Wildman–Crippen LogP) is 0.848. The molecule has 2 rings (SSSR count). The van der Waals surface area contributed by atoms with E-state index in [0.29, 0.717) is 0 Å². The molecule has 2 aliphatic rings. The van der Waals surface area contributed by atoms with Crippen LogP contribution < -0.4 is 0 Å². The predicted molar refractivity (Wildman–Crippen MR) is 115 cm³/mol. The summed E-state index contributed by atoms with van der Waals surface area (Å²) in [6.07, 6.45) is -0.329. The maximum atomic E-state index is 10.5. The van der Waals surface area contributed by atoms with Crippen LogP contribution in [0.2, 0.25) is 0 Å². The Morgan fingerprint density at radius 1 is 0.848 bits per heavy atom. The fourth-order valence-electron chi connectivity index (χ4n) is 3.64. The Morgan fingerprint density at radius 3 is 2.09 bits per heavy atom. The Hall–Kier alpha value is -1.60. The Bertz CT molecular complexity index is 650. The van der Waals surface area contributed by atoms with Gasteiger partial charge in [0.25, 0.3) is 6.29 Å². The van der Waals surface area contributed by atoms with Gasteiger partial charge in [-0.2, -0.15) is 0 Å². The summed E-state index contributed by atoms with van der Waals surface area (Å²) in [5.74, 6) is -2.44. The van der Waals surface area contributed by atoms with E-state index in [2.05, 4.69) is 6.92 Å². The first-order valence-corrected chi connectivity index (χ1v) is 11.6. The number of hydrogen-bond acceptors (Lipinski definition) is 11. The molecule has 0 spiro atoms. The second-order valence-electron chi connectivity index (χ2n) is 8.24. The van der Waals surface area contributed by atoms with Gasteiger partial charge in [0.15, 0.2) is 17.3 Å². The number of aliphatic hydroxyl groups excluding tert-OH is 7. The van der Waals surface area contributed by atoms with Gasteiger partial charge in [-0.3, -0.25) is 0 Å². The van der Waals surface area contributed by atoms with Crippen molar-refractivity contribution in [3.05, 3.63) is 23.0 Å². The van der Waals surface area contributed by atoms with Crippen LogP contribution in [0.3, 0.4) is 0 Å². The molecule has 0 fully saturated rings. The Kier molecular flexibility index (Phi) is 11.7. The quantitative estimate of drug-likeness (QED) is 0.176. The average molecular weight is 479 g/mol. The van der Waals surface area contributed by atoms with E-state index >= 15 is 0 Å². The highest BCUT2D eigenvalue weighted by atomic mass is 16.7. The molecule has 11 nitrogen and oxygen atoms in total. The van der Waals surface area contributed by atoms with Crippen LogP contribution in [0.1, 0.15) is 58.3 Å². The first-order chi connectivity index (χ1) is 15.8. The van der Waals surface area contributed by atoms with Crippen LogP contribution in [0.15, 0.2) is 23.0 Å². The Morgan fingerprint density at radius 2 is 1.48 bits per heavy atom. The molecule has 0 bridgehead atoms. The monoisotopic (exact) mass is 478 g/mol. The highest BCUT2D eigenvalue weighted by Crippen LogP contribution is 2.31. The molecule has 1 unspecified atom stereocenters. The topological polar surface area (TPSA) is 179 Å². The minimum Gasteiger partial charge on any atom is -0.506 e. The van der Waals surface area contributed by atoms with Crippen LogP contribution in [0, 0.1) is 0 Å². The van der Waals surface area contributed by atoms with E-state index in [0.717, 1.165) is 25.7 Å². The van der Waals surface area contributed by atoms with Crippen LogP contribution in [0.5, 0.6) is 0 Å². The summed E-state index contributed by atoms with van der Waals surface area (Å²) in [7, 11) is 0. The van der Waals surface area contributed by atoms with Gasteiger partial charge in [0, 0.05) is 0 Å². The number of aliphatic hydroxyl groups is 7. The minimum atomic E-state index is -1.72. The zero-order chi connectivity index (χ0) is 24.4. The SMILES string of the molecule is CCCCCCCCCCO[C@@H]1OC(CO)=C(O[C@H]2OC(CO)[C@@H](O)C(O)=C2O)[C@@H](O)[C@H]1O. The molecule has 192 valence electrons. The van der Waals surface area contributed by atoms with Crippen molar-refractivity contribution < 1.29 is 54.7 Å². The van der Waals surface area contributed by atoms with Crippen LogP contribution in [-0.2, 0) is 18.9 Å².